The summed E-state index contributed by atoms with van der Waals surface area (Å²) in [4.78, 5) is 18.2. The van der Waals surface area contributed by atoms with Gasteiger partial charge in [0.1, 0.15) is 0 Å². The molecule has 1 aliphatic heterocycles. The Morgan fingerprint density at radius 3 is 3.09 bits per heavy atom. The highest BCUT2D eigenvalue weighted by molar-refractivity contribution is 5.85. The van der Waals surface area contributed by atoms with Gasteiger partial charge in [-0.15, -0.1) is 17.5 Å². The van der Waals surface area contributed by atoms with Crippen LogP contribution in [0.5, 0.6) is 0 Å². The highest BCUT2D eigenvalue weighted by Gasteiger charge is 2.18. The van der Waals surface area contributed by atoms with Crippen molar-refractivity contribution < 1.29 is 0 Å². The van der Waals surface area contributed by atoms with Crippen molar-refractivity contribution in [2.75, 3.05) is 25.0 Å². The Balaban J connectivity index is 0.00000192. The largest absolute Gasteiger partial charge is 0.354 e. The van der Waals surface area contributed by atoms with Crippen LogP contribution in [-0.2, 0) is 6.54 Å². The van der Waals surface area contributed by atoms with Crippen LogP contribution in [0.1, 0.15) is 30.1 Å². The fourth-order valence-electron chi connectivity index (χ4n) is 2.67. The summed E-state index contributed by atoms with van der Waals surface area (Å²) in [6, 6.07) is 1.47. The normalized spacial score (nSPS) is 17.5. The van der Waals surface area contributed by atoms with E-state index in [1.807, 2.05) is 10.9 Å². The van der Waals surface area contributed by atoms with Crippen LogP contribution in [0, 0.1) is 6.92 Å². The fourth-order valence-corrected chi connectivity index (χ4v) is 2.67. The molecule has 2 aromatic rings. The molecule has 0 radical (unpaired) electrons. The predicted octanol–water partition coefficient (Wildman–Crippen LogP) is 0.671. The van der Waals surface area contributed by atoms with Crippen molar-refractivity contribution in [3.8, 4) is 0 Å². The highest BCUT2D eigenvalue weighted by Crippen LogP contribution is 2.20. The number of hydrogen-bond acceptors (Lipinski definition) is 6. The lowest BCUT2D eigenvalue weighted by Crippen LogP contribution is -2.28. The second kappa shape index (κ2) is 8.07. The zero-order valence-corrected chi connectivity index (χ0v) is 13.9. The summed E-state index contributed by atoms with van der Waals surface area (Å²) in [6.45, 7) is 5.16. The van der Waals surface area contributed by atoms with E-state index in [4.69, 9.17) is 0 Å². The number of halogens is 1. The number of hydrogen-bond donors (Lipinski definition) is 3. The monoisotopic (exact) mass is 339 g/mol. The molecular weight excluding hydrogens is 318 g/mol. The van der Waals surface area contributed by atoms with Crippen LogP contribution >= 0.6 is 12.4 Å². The van der Waals surface area contributed by atoms with E-state index < -0.39 is 0 Å². The van der Waals surface area contributed by atoms with Crippen molar-refractivity contribution in [3.63, 3.8) is 0 Å². The molecule has 3 rings (SSSR count). The summed E-state index contributed by atoms with van der Waals surface area (Å²) >= 11 is 0. The highest BCUT2D eigenvalue weighted by atomic mass is 35.5. The number of piperidine rings is 1. The van der Waals surface area contributed by atoms with Crippen LogP contribution in [0.15, 0.2) is 17.1 Å². The molecule has 1 atom stereocenters. The lowest BCUT2D eigenvalue weighted by atomic mass is 9.97. The van der Waals surface area contributed by atoms with E-state index in [1.165, 1.54) is 18.9 Å². The molecule has 3 N–H and O–H groups in total. The standard InChI is InChI=1S/C14H21N7O.ClH/c1-10-7-13(22)18-14(17-10)16-5-6-21-9-12(19-20-21)11-3-2-4-15-8-11;/h7,9,11,15H,2-6,8H2,1H3,(H2,16,17,18,22);1H. The Hall–Kier alpha value is -1.93. The summed E-state index contributed by atoms with van der Waals surface area (Å²) in [5.41, 5.74) is 1.59. The Bertz CT molecular complexity index is 678. The topological polar surface area (TPSA) is 101 Å². The lowest BCUT2D eigenvalue weighted by molar-refractivity contribution is 0.454. The maximum atomic E-state index is 11.4. The molecule has 1 fully saturated rings. The molecule has 3 heterocycles. The average molecular weight is 340 g/mol. The molecule has 1 aliphatic rings. The zero-order chi connectivity index (χ0) is 15.4. The minimum atomic E-state index is -0.150. The summed E-state index contributed by atoms with van der Waals surface area (Å²) in [5, 5.41) is 14.9. The van der Waals surface area contributed by atoms with Gasteiger partial charge in [-0.2, -0.15) is 0 Å². The van der Waals surface area contributed by atoms with Gasteiger partial charge in [0.15, 0.2) is 0 Å². The van der Waals surface area contributed by atoms with Crippen molar-refractivity contribution in [1.29, 1.82) is 0 Å². The number of aromatic amines is 1. The summed E-state index contributed by atoms with van der Waals surface area (Å²) < 4.78 is 1.82. The van der Waals surface area contributed by atoms with Gasteiger partial charge in [0, 0.05) is 37.0 Å². The first kappa shape index (κ1) is 17.4. The first-order valence-electron chi connectivity index (χ1n) is 7.63. The fraction of sp³-hybridized carbons (Fsp3) is 0.571. The van der Waals surface area contributed by atoms with Gasteiger partial charge in [-0.05, 0) is 26.3 Å². The smallest absolute Gasteiger partial charge is 0.252 e. The van der Waals surface area contributed by atoms with E-state index in [2.05, 4.69) is 30.9 Å². The van der Waals surface area contributed by atoms with Crippen molar-refractivity contribution in [2.45, 2.75) is 32.2 Å². The molecule has 9 heteroatoms. The van der Waals surface area contributed by atoms with E-state index in [-0.39, 0.29) is 18.0 Å². The van der Waals surface area contributed by atoms with E-state index in [0.717, 1.165) is 18.8 Å². The van der Waals surface area contributed by atoms with Crippen molar-refractivity contribution >= 4 is 18.4 Å². The summed E-state index contributed by atoms with van der Waals surface area (Å²) in [7, 11) is 0. The van der Waals surface area contributed by atoms with Crippen LogP contribution < -0.4 is 16.2 Å². The number of H-pyrrole nitrogens is 1. The molecule has 0 aromatic carbocycles. The maximum Gasteiger partial charge on any atom is 0.252 e. The molecule has 23 heavy (non-hydrogen) atoms. The maximum absolute atomic E-state index is 11.4. The van der Waals surface area contributed by atoms with Gasteiger partial charge in [-0.25, -0.2) is 4.98 Å². The Labute approximate surface area is 140 Å². The molecule has 1 unspecified atom stereocenters. The Morgan fingerprint density at radius 2 is 2.35 bits per heavy atom. The van der Waals surface area contributed by atoms with E-state index in [9.17, 15) is 4.79 Å². The average Bonchev–Trinajstić information content (AvgIpc) is 2.96. The molecular formula is C14H22ClN7O. The van der Waals surface area contributed by atoms with Crippen LogP contribution in [-0.4, -0.2) is 44.6 Å². The van der Waals surface area contributed by atoms with Gasteiger partial charge >= 0.3 is 0 Å². The van der Waals surface area contributed by atoms with Crippen LogP contribution in [0.2, 0.25) is 0 Å². The van der Waals surface area contributed by atoms with Crippen molar-refractivity contribution in [3.05, 3.63) is 34.0 Å². The van der Waals surface area contributed by atoms with Gasteiger partial charge in [0.2, 0.25) is 5.95 Å². The second-order valence-corrected chi connectivity index (χ2v) is 5.61. The molecule has 8 nitrogen and oxygen atoms in total. The SMILES string of the molecule is Cc1cc(=O)[nH]c(NCCn2cc(C3CCCNC3)nn2)n1.Cl. The Morgan fingerprint density at radius 1 is 1.48 bits per heavy atom. The third-order valence-corrected chi connectivity index (χ3v) is 3.77. The van der Waals surface area contributed by atoms with E-state index >= 15 is 0 Å². The third kappa shape index (κ3) is 4.77. The molecule has 0 amide bonds. The lowest BCUT2D eigenvalue weighted by Gasteiger charge is -2.20. The number of nitrogens with zero attached hydrogens (tertiary/aromatic N) is 4. The molecule has 1 saturated heterocycles. The second-order valence-electron chi connectivity index (χ2n) is 5.61. The molecule has 0 spiro atoms. The summed E-state index contributed by atoms with van der Waals surface area (Å²) in [6.07, 6.45) is 4.36. The van der Waals surface area contributed by atoms with Gasteiger partial charge in [0.25, 0.3) is 5.56 Å². The molecule has 0 saturated carbocycles. The van der Waals surface area contributed by atoms with Crippen LogP contribution in [0.3, 0.4) is 0 Å². The van der Waals surface area contributed by atoms with Gasteiger partial charge in [0.05, 0.1) is 12.2 Å². The minimum absolute atomic E-state index is 0. The number of nitrogens with one attached hydrogen (secondary N) is 3. The predicted molar refractivity (Wildman–Crippen MR) is 90.2 cm³/mol. The number of aryl methyl sites for hydroxylation is 1. The van der Waals surface area contributed by atoms with Gasteiger partial charge in [-0.3, -0.25) is 14.5 Å². The molecule has 126 valence electrons. The first-order valence-corrected chi connectivity index (χ1v) is 7.63. The number of aromatic nitrogens is 5. The van der Waals surface area contributed by atoms with Crippen LogP contribution in [0.25, 0.3) is 0 Å². The van der Waals surface area contributed by atoms with Gasteiger partial charge in [-0.1, -0.05) is 5.21 Å². The first-order chi connectivity index (χ1) is 10.7. The number of anilines is 1. The Kier molecular flexibility index (Phi) is 6.12. The quantitative estimate of drug-likeness (QED) is 0.740. The molecule has 0 bridgehead atoms. The summed E-state index contributed by atoms with van der Waals surface area (Å²) in [5.74, 6) is 0.951. The van der Waals surface area contributed by atoms with Crippen molar-refractivity contribution in [1.82, 2.24) is 30.3 Å². The van der Waals surface area contributed by atoms with E-state index in [0.29, 0.717) is 30.6 Å². The van der Waals surface area contributed by atoms with E-state index in [1.54, 1.807) is 6.92 Å². The number of rotatable bonds is 5. The molecule has 0 aliphatic carbocycles. The minimum Gasteiger partial charge on any atom is -0.354 e. The van der Waals surface area contributed by atoms with Gasteiger partial charge < -0.3 is 10.6 Å². The van der Waals surface area contributed by atoms with Crippen molar-refractivity contribution in [2.24, 2.45) is 0 Å². The zero-order valence-electron chi connectivity index (χ0n) is 13.1. The van der Waals surface area contributed by atoms with Crippen LogP contribution in [0.4, 0.5) is 5.95 Å². The third-order valence-electron chi connectivity index (χ3n) is 3.77. The molecule has 2 aromatic heterocycles.